The zero-order chi connectivity index (χ0) is 40.7. The number of nitrogens with zero attached hydrogens (tertiary/aromatic N) is 2. The van der Waals surface area contributed by atoms with E-state index < -0.39 is 45.2 Å². The summed E-state index contributed by atoms with van der Waals surface area (Å²) < 4.78 is 81.5. The lowest BCUT2D eigenvalue weighted by atomic mass is 9.93. The van der Waals surface area contributed by atoms with Gasteiger partial charge in [-0.15, -0.1) is 0 Å². The van der Waals surface area contributed by atoms with Gasteiger partial charge in [-0.3, -0.25) is 9.69 Å². The Kier molecular flexibility index (Phi) is 11.2. The molecule has 7 rings (SSSR count). The number of halogens is 3. The van der Waals surface area contributed by atoms with Gasteiger partial charge >= 0.3 is 6.09 Å². The van der Waals surface area contributed by atoms with Crippen LogP contribution in [-0.2, 0) is 25.5 Å². The molecule has 2 fully saturated rings. The standard InChI is InChI=1S/C43H44ClF2N3O7S/c1-42(2,3)56-41(51)49-24-30-19-20-48(25-31(30)26-49)40(50)39(43(45,46)32-13-18-37(38(23-32)54-4)27-9-14-33(44)15-10-27)47-57(52,53)36-17-12-28-21-35(16-11-29(28)22-36)55-34-7-5-6-8-34/h9-18,21-23,30-31,34,39,47H,5-8,24-26H2,1-4H3/t30-,31+,39-/m0/s1. The molecule has 1 aliphatic carbocycles. The van der Waals surface area contributed by atoms with Gasteiger partial charge in [0.25, 0.3) is 11.8 Å². The smallest absolute Gasteiger partial charge is 0.410 e. The van der Waals surface area contributed by atoms with E-state index in [0.29, 0.717) is 32.7 Å². The van der Waals surface area contributed by atoms with E-state index in [4.69, 9.17) is 25.8 Å². The summed E-state index contributed by atoms with van der Waals surface area (Å²) in [4.78, 5) is 29.3. The number of fused-ring (bicyclic) bond motifs is 2. The number of carbonyl (C=O) groups is 2. The molecule has 0 aromatic heterocycles. The zero-order valence-corrected chi connectivity index (χ0v) is 33.6. The van der Waals surface area contributed by atoms with Gasteiger partial charge in [-0.1, -0.05) is 53.9 Å². The Morgan fingerprint density at radius 1 is 0.912 bits per heavy atom. The fourth-order valence-corrected chi connectivity index (χ4v) is 8.86. The molecule has 1 N–H and O–H groups in total. The van der Waals surface area contributed by atoms with E-state index in [1.54, 1.807) is 63.2 Å². The Bertz CT molecular complexity index is 2350. The average Bonchev–Trinajstić information content (AvgIpc) is 3.86. The van der Waals surface area contributed by atoms with E-state index in [9.17, 15) is 18.0 Å². The lowest BCUT2D eigenvalue weighted by molar-refractivity contribution is -0.141. The summed E-state index contributed by atoms with van der Waals surface area (Å²) in [6, 6.07) is 20.0. The van der Waals surface area contributed by atoms with E-state index >= 15 is 8.78 Å². The Morgan fingerprint density at radius 2 is 1.61 bits per heavy atom. The molecule has 0 unspecified atom stereocenters. The van der Waals surface area contributed by atoms with Gasteiger partial charge in [0.2, 0.25) is 10.0 Å². The lowest BCUT2D eigenvalue weighted by Gasteiger charge is -2.32. The van der Waals surface area contributed by atoms with Crippen LogP contribution in [-0.4, -0.2) is 74.7 Å². The van der Waals surface area contributed by atoms with Crippen LogP contribution in [0.3, 0.4) is 0 Å². The van der Waals surface area contributed by atoms with Crippen molar-refractivity contribution in [3.8, 4) is 34.6 Å². The van der Waals surface area contributed by atoms with Crippen LogP contribution in [0.2, 0.25) is 5.02 Å². The normalized spacial score (nSPS) is 19.1. The number of hydrogen-bond acceptors (Lipinski definition) is 7. The number of amides is 2. The Morgan fingerprint density at radius 3 is 2.32 bits per heavy atom. The molecule has 3 aliphatic rings. The van der Waals surface area contributed by atoms with E-state index in [-0.39, 0.29) is 48.2 Å². The maximum Gasteiger partial charge on any atom is 0.410 e. The molecule has 300 valence electrons. The highest BCUT2D eigenvalue weighted by atomic mass is 35.5. The molecule has 3 atom stereocenters. The first kappa shape index (κ1) is 40.3. The van der Waals surface area contributed by atoms with Crippen molar-refractivity contribution in [2.75, 3.05) is 26.7 Å². The third-order valence-electron chi connectivity index (χ3n) is 10.5. The summed E-state index contributed by atoms with van der Waals surface area (Å²) >= 11 is 6.06. The van der Waals surface area contributed by atoms with Crippen LogP contribution >= 0.6 is 11.6 Å². The van der Waals surface area contributed by atoms with Crippen molar-refractivity contribution in [3.63, 3.8) is 0 Å². The Hall–Kier alpha value is -4.90. The van der Waals surface area contributed by atoms with Crippen molar-refractivity contribution in [1.82, 2.24) is 14.5 Å². The van der Waals surface area contributed by atoms with Crippen LogP contribution in [0.25, 0.3) is 21.9 Å². The molecule has 0 bridgehead atoms. The predicted octanol–water partition coefficient (Wildman–Crippen LogP) is 8.22. The number of nitrogens with one attached hydrogen (secondary N) is 1. The van der Waals surface area contributed by atoms with Crippen molar-refractivity contribution >= 4 is 44.4 Å². The van der Waals surface area contributed by atoms with Gasteiger partial charge in [-0.05, 0) is 105 Å². The number of sulfonamides is 1. The fourth-order valence-electron chi connectivity index (χ4n) is 7.51. The quantitative estimate of drug-likeness (QED) is 0.161. The van der Waals surface area contributed by atoms with Crippen molar-refractivity contribution < 1.29 is 41.0 Å². The fraction of sp³-hybridized carbons (Fsp3) is 0.395. The maximum absolute atomic E-state index is 17.1. The molecule has 4 aromatic carbocycles. The molecular formula is C43H44ClF2N3O7S. The van der Waals surface area contributed by atoms with Crippen molar-refractivity contribution in [1.29, 1.82) is 0 Å². The second-order valence-corrected chi connectivity index (χ2v) is 17.9. The molecule has 1 saturated carbocycles. The van der Waals surface area contributed by atoms with Crippen molar-refractivity contribution in [2.24, 2.45) is 11.8 Å². The summed E-state index contributed by atoms with van der Waals surface area (Å²) in [5, 5.41) is 1.73. The third kappa shape index (κ3) is 8.83. The third-order valence-corrected chi connectivity index (χ3v) is 12.2. The lowest BCUT2D eigenvalue weighted by Crippen LogP contribution is -2.56. The molecular weight excluding hydrogens is 776 g/mol. The number of rotatable bonds is 10. The van der Waals surface area contributed by atoms with E-state index in [1.807, 2.05) is 6.07 Å². The average molecular weight is 820 g/mol. The van der Waals surface area contributed by atoms with E-state index in [0.717, 1.165) is 42.7 Å². The molecule has 14 heteroatoms. The number of alkyl halides is 2. The predicted molar refractivity (Wildman–Crippen MR) is 213 cm³/mol. The summed E-state index contributed by atoms with van der Waals surface area (Å²) in [7, 11) is -3.42. The molecule has 0 radical (unpaired) electrons. The number of ether oxygens (including phenoxy) is 3. The van der Waals surface area contributed by atoms with Gasteiger partial charge in [0, 0.05) is 53.7 Å². The molecule has 2 aliphatic heterocycles. The van der Waals surface area contributed by atoms with Crippen molar-refractivity contribution in [2.45, 2.75) is 75.0 Å². The van der Waals surface area contributed by atoms with E-state index in [1.165, 1.54) is 30.2 Å². The topological polar surface area (TPSA) is 114 Å². The van der Waals surface area contributed by atoms with Crippen molar-refractivity contribution in [3.05, 3.63) is 89.4 Å². The minimum Gasteiger partial charge on any atom is -0.496 e. The van der Waals surface area contributed by atoms with Gasteiger partial charge < -0.3 is 19.1 Å². The second-order valence-electron chi connectivity index (χ2n) is 15.8. The van der Waals surface area contributed by atoms with Crippen LogP contribution in [0, 0.1) is 23.8 Å². The highest BCUT2D eigenvalue weighted by Gasteiger charge is 2.51. The van der Waals surface area contributed by atoms with Gasteiger partial charge in [0.1, 0.15) is 17.1 Å². The molecule has 0 spiro atoms. The number of carbonyl (C=O) groups excluding carboxylic acids is 2. The number of methoxy groups -OCH3 is 1. The zero-order valence-electron chi connectivity index (χ0n) is 32.1. The van der Waals surface area contributed by atoms with Crippen LogP contribution in [0.5, 0.6) is 11.5 Å². The number of hydrogen-bond donors (Lipinski definition) is 1. The first-order valence-electron chi connectivity index (χ1n) is 18.9. The molecule has 2 heterocycles. The van der Waals surface area contributed by atoms with Gasteiger partial charge in [-0.25, -0.2) is 13.2 Å². The van der Waals surface area contributed by atoms with Gasteiger partial charge in [-0.2, -0.15) is 13.5 Å². The summed E-state index contributed by atoms with van der Waals surface area (Å²) in [5.41, 5.74) is -0.273. The Labute approximate surface area is 336 Å². The minimum absolute atomic E-state index is 0.0724. The molecule has 2 amide bonds. The first-order valence-corrected chi connectivity index (χ1v) is 20.7. The minimum atomic E-state index is -4.75. The highest BCUT2D eigenvalue weighted by Crippen LogP contribution is 2.40. The molecule has 4 aromatic rings. The first-order chi connectivity index (χ1) is 27.0. The maximum atomic E-state index is 17.1. The highest BCUT2D eigenvalue weighted by molar-refractivity contribution is 7.89. The number of benzene rings is 4. The van der Waals surface area contributed by atoms with E-state index in [2.05, 4.69) is 16.7 Å². The van der Waals surface area contributed by atoms with Crippen LogP contribution < -0.4 is 14.2 Å². The van der Waals surface area contributed by atoms with Crippen LogP contribution in [0.15, 0.2) is 83.8 Å². The summed E-state index contributed by atoms with van der Waals surface area (Å²) in [6.45, 7) is 5.56. The summed E-state index contributed by atoms with van der Waals surface area (Å²) in [6.07, 6.45) is 3.74. The second kappa shape index (κ2) is 15.8. The molecule has 1 saturated heterocycles. The molecule has 10 nitrogen and oxygen atoms in total. The molecule has 57 heavy (non-hydrogen) atoms. The van der Waals surface area contributed by atoms with Gasteiger partial charge in [0.05, 0.1) is 18.1 Å². The summed E-state index contributed by atoms with van der Waals surface area (Å²) in [5.74, 6) is -2.40. The Balaban J connectivity index is 1.20. The van der Waals surface area contributed by atoms with Crippen LogP contribution in [0.4, 0.5) is 13.6 Å². The van der Waals surface area contributed by atoms with Crippen LogP contribution in [0.1, 0.15) is 52.0 Å². The monoisotopic (exact) mass is 819 g/mol. The van der Waals surface area contributed by atoms with Gasteiger partial charge in [0.15, 0.2) is 6.04 Å². The largest absolute Gasteiger partial charge is 0.496 e. The SMILES string of the molecule is COc1cc(C(F)(F)[C@@H](NS(=O)(=O)c2ccc3cc(OC4CCCC4)ccc3c2)C(=O)N2C#C[C@H]3CN(C(=O)OC(C)(C)C)C[C@H]3C2)ccc1-c1ccc(Cl)cc1. The number of likely N-dealkylation sites (tertiary alicyclic amines) is 1.